The molecule has 0 saturated carbocycles. The summed E-state index contributed by atoms with van der Waals surface area (Å²) in [6.45, 7) is 8.21. The Morgan fingerprint density at radius 1 is 1.24 bits per heavy atom. The van der Waals surface area contributed by atoms with Crippen molar-refractivity contribution in [1.82, 2.24) is 10.6 Å². The second-order valence-electron chi connectivity index (χ2n) is 4.66. The van der Waals surface area contributed by atoms with Crippen molar-refractivity contribution in [3.63, 3.8) is 0 Å². The molecule has 5 heteroatoms. The third-order valence-electron chi connectivity index (χ3n) is 2.98. The van der Waals surface area contributed by atoms with Gasteiger partial charge >= 0.3 is 12.0 Å². The van der Waals surface area contributed by atoms with Gasteiger partial charge in [-0.3, -0.25) is 0 Å². The lowest BCUT2D eigenvalue weighted by atomic mass is 9.93. The van der Waals surface area contributed by atoms with Gasteiger partial charge in [-0.2, -0.15) is 0 Å². The number of aliphatic carboxylic acids is 1. The standard InChI is InChI=1S/C12H24N2O3/c1-5-12(6-2,10(15)16)14-11(17)13-8-7-9(3)4/h9H,5-8H2,1-4H3,(H,15,16)(H2,13,14,17). The molecule has 0 rings (SSSR count). The van der Waals surface area contributed by atoms with Gasteiger partial charge in [-0.25, -0.2) is 9.59 Å². The maximum Gasteiger partial charge on any atom is 0.329 e. The molecular weight excluding hydrogens is 220 g/mol. The maximum absolute atomic E-state index is 11.6. The highest BCUT2D eigenvalue weighted by molar-refractivity contribution is 5.86. The van der Waals surface area contributed by atoms with Gasteiger partial charge in [0, 0.05) is 6.54 Å². The van der Waals surface area contributed by atoms with E-state index in [1.54, 1.807) is 13.8 Å². The van der Waals surface area contributed by atoms with Gasteiger partial charge in [-0.1, -0.05) is 27.7 Å². The molecule has 0 atom stereocenters. The number of urea groups is 1. The minimum Gasteiger partial charge on any atom is -0.480 e. The molecule has 2 amide bonds. The van der Waals surface area contributed by atoms with Gasteiger partial charge in [0.1, 0.15) is 5.54 Å². The second kappa shape index (κ2) is 7.14. The summed E-state index contributed by atoms with van der Waals surface area (Å²) in [4.78, 5) is 22.7. The fourth-order valence-electron chi connectivity index (χ4n) is 1.52. The number of rotatable bonds is 7. The Kier molecular flexibility index (Phi) is 6.61. The van der Waals surface area contributed by atoms with Gasteiger partial charge in [0.05, 0.1) is 0 Å². The van der Waals surface area contributed by atoms with Gasteiger partial charge in [-0.15, -0.1) is 0 Å². The highest BCUT2D eigenvalue weighted by Crippen LogP contribution is 2.15. The van der Waals surface area contributed by atoms with E-state index in [0.29, 0.717) is 25.3 Å². The Morgan fingerprint density at radius 3 is 2.12 bits per heavy atom. The van der Waals surface area contributed by atoms with Crippen LogP contribution in [-0.4, -0.2) is 29.2 Å². The van der Waals surface area contributed by atoms with Crippen molar-refractivity contribution in [3.8, 4) is 0 Å². The lowest BCUT2D eigenvalue weighted by Gasteiger charge is -2.28. The zero-order valence-corrected chi connectivity index (χ0v) is 11.2. The first-order valence-electron chi connectivity index (χ1n) is 6.17. The normalized spacial score (nSPS) is 11.4. The van der Waals surface area contributed by atoms with Gasteiger partial charge in [0.2, 0.25) is 0 Å². The molecule has 0 radical (unpaired) electrons. The van der Waals surface area contributed by atoms with Crippen molar-refractivity contribution in [1.29, 1.82) is 0 Å². The predicted octanol–water partition coefficient (Wildman–Crippen LogP) is 1.98. The lowest BCUT2D eigenvalue weighted by Crippen LogP contribution is -2.56. The monoisotopic (exact) mass is 244 g/mol. The molecule has 3 N–H and O–H groups in total. The summed E-state index contributed by atoms with van der Waals surface area (Å²) < 4.78 is 0. The number of carbonyl (C=O) groups is 2. The van der Waals surface area contributed by atoms with E-state index in [-0.39, 0.29) is 0 Å². The van der Waals surface area contributed by atoms with Crippen LogP contribution in [0.3, 0.4) is 0 Å². The molecule has 0 aliphatic heterocycles. The first kappa shape index (κ1) is 15.7. The van der Waals surface area contributed by atoms with Crippen LogP contribution in [0.25, 0.3) is 0 Å². The van der Waals surface area contributed by atoms with Crippen LogP contribution in [0, 0.1) is 5.92 Å². The van der Waals surface area contributed by atoms with E-state index in [9.17, 15) is 9.59 Å². The van der Waals surface area contributed by atoms with Crippen LogP contribution in [0.1, 0.15) is 47.0 Å². The van der Waals surface area contributed by atoms with Crippen LogP contribution in [-0.2, 0) is 4.79 Å². The van der Waals surface area contributed by atoms with E-state index in [1.165, 1.54) is 0 Å². The Balaban J connectivity index is 4.28. The SMILES string of the molecule is CCC(CC)(NC(=O)NCCC(C)C)C(=O)O. The van der Waals surface area contributed by atoms with E-state index < -0.39 is 17.5 Å². The van der Waals surface area contributed by atoms with Crippen LogP contribution in [0.2, 0.25) is 0 Å². The summed E-state index contributed by atoms with van der Waals surface area (Å²) in [5, 5.41) is 14.4. The molecule has 0 unspecified atom stereocenters. The van der Waals surface area contributed by atoms with Crippen molar-refractivity contribution < 1.29 is 14.7 Å². The zero-order valence-electron chi connectivity index (χ0n) is 11.2. The third-order valence-corrected chi connectivity index (χ3v) is 2.98. The number of amides is 2. The molecule has 0 heterocycles. The molecule has 0 aliphatic carbocycles. The highest BCUT2D eigenvalue weighted by atomic mass is 16.4. The van der Waals surface area contributed by atoms with E-state index >= 15 is 0 Å². The van der Waals surface area contributed by atoms with Crippen LogP contribution in [0.4, 0.5) is 4.79 Å². The minimum absolute atomic E-state index is 0.371. The van der Waals surface area contributed by atoms with E-state index in [4.69, 9.17) is 5.11 Å². The van der Waals surface area contributed by atoms with Crippen molar-refractivity contribution in [3.05, 3.63) is 0 Å². The molecule has 100 valence electrons. The summed E-state index contributed by atoms with van der Waals surface area (Å²) in [6, 6.07) is -0.406. The third kappa shape index (κ3) is 5.06. The van der Waals surface area contributed by atoms with Gasteiger partial charge in [0.15, 0.2) is 0 Å². The van der Waals surface area contributed by atoms with Crippen LogP contribution < -0.4 is 10.6 Å². The number of hydrogen-bond acceptors (Lipinski definition) is 2. The molecule has 0 bridgehead atoms. The Bertz CT molecular complexity index is 260. The largest absolute Gasteiger partial charge is 0.480 e. The summed E-state index contributed by atoms with van der Waals surface area (Å²) in [7, 11) is 0. The average molecular weight is 244 g/mol. The maximum atomic E-state index is 11.6. The van der Waals surface area contributed by atoms with E-state index in [0.717, 1.165) is 6.42 Å². The number of nitrogens with one attached hydrogen (secondary N) is 2. The molecule has 0 aliphatic rings. The van der Waals surface area contributed by atoms with Gasteiger partial charge in [0.25, 0.3) is 0 Å². The number of carboxylic acid groups (broad SMARTS) is 1. The van der Waals surface area contributed by atoms with Crippen molar-refractivity contribution >= 4 is 12.0 Å². The second-order valence-corrected chi connectivity index (χ2v) is 4.66. The number of carbonyl (C=O) groups excluding carboxylic acids is 1. The first-order chi connectivity index (χ1) is 7.88. The Hall–Kier alpha value is -1.26. The van der Waals surface area contributed by atoms with E-state index in [2.05, 4.69) is 24.5 Å². The zero-order chi connectivity index (χ0) is 13.5. The molecule has 0 aromatic heterocycles. The first-order valence-corrected chi connectivity index (χ1v) is 6.17. The molecule has 0 fully saturated rings. The highest BCUT2D eigenvalue weighted by Gasteiger charge is 2.36. The van der Waals surface area contributed by atoms with Crippen molar-refractivity contribution in [2.45, 2.75) is 52.5 Å². The van der Waals surface area contributed by atoms with Crippen molar-refractivity contribution in [2.24, 2.45) is 5.92 Å². The Morgan fingerprint density at radius 2 is 1.76 bits per heavy atom. The van der Waals surface area contributed by atoms with Gasteiger partial charge < -0.3 is 15.7 Å². The Labute approximate surface area is 103 Å². The number of hydrogen-bond donors (Lipinski definition) is 3. The summed E-state index contributed by atoms with van der Waals surface area (Å²) in [5.74, 6) is -0.474. The lowest BCUT2D eigenvalue weighted by molar-refractivity contribution is -0.144. The van der Waals surface area contributed by atoms with Crippen LogP contribution in [0.15, 0.2) is 0 Å². The topological polar surface area (TPSA) is 78.4 Å². The smallest absolute Gasteiger partial charge is 0.329 e. The molecular formula is C12H24N2O3. The quantitative estimate of drug-likeness (QED) is 0.640. The fraction of sp³-hybridized carbons (Fsp3) is 0.833. The van der Waals surface area contributed by atoms with Gasteiger partial charge in [-0.05, 0) is 25.2 Å². The molecule has 0 aromatic rings. The van der Waals surface area contributed by atoms with E-state index in [1.807, 2.05) is 0 Å². The summed E-state index contributed by atoms with van der Waals surface area (Å²) in [5.41, 5.74) is -1.15. The molecule has 5 nitrogen and oxygen atoms in total. The fourth-order valence-corrected chi connectivity index (χ4v) is 1.52. The van der Waals surface area contributed by atoms with Crippen LogP contribution in [0.5, 0.6) is 0 Å². The summed E-state index contributed by atoms with van der Waals surface area (Å²) >= 11 is 0. The van der Waals surface area contributed by atoms with Crippen LogP contribution >= 0.6 is 0 Å². The molecule has 17 heavy (non-hydrogen) atoms. The number of carboxylic acids is 1. The molecule has 0 aromatic carbocycles. The average Bonchev–Trinajstić information content (AvgIpc) is 2.25. The molecule has 0 spiro atoms. The van der Waals surface area contributed by atoms with Crippen molar-refractivity contribution in [2.75, 3.05) is 6.54 Å². The predicted molar refractivity (Wildman–Crippen MR) is 66.9 cm³/mol. The molecule has 0 saturated heterocycles. The summed E-state index contributed by atoms with van der Waals surface area (Å²) in [6.07, 6.45) is 1.62. The minimum atomic E-state index is -1.15.